The summed E-state index contributed by atoms with van der Waals surface area (Å²) in [6.45, 7) is 5.03. The predicted molar refractivity (Wildman–Crippen MR) is 117 cm³/mol. The van der Waals surface area contributed by atoms with Crippen molar-refractivity contribution >= 4 is 16.7 Å². The highest BCUT2D eigenvalue weighted by Crippen LogP contribution is 2.65. The molecule has 4 aliphatic carbocycles. The van der Waals surface area contributed by atoms with Crippen molar-refractivity contribution in [3.63, 3.8) is 0 Å². The van der Waals surface area contributed by atoms with Gasteiger partial charge >= 0.3 is 0 Å². The minimum atomic E-state index is -0.117. The van der Waals surface area contributed by atoms with Gasteiger partial charge in [-0.3, -0.25) is 0 Å². The third-order valence-electron chi connectivity index (χ3n) is 9.33. The molecule has 3 nitrogen and oxygen atoms in total. The van der Waals surface area contributed by atoms with Gasteiger partial charge in [-0.05, 0) is 80.2 Å². The van der Waals surface area contributed by atoms with Crippen molar-refractivity contribution in [3.8, 4) is 0 Å². The molecular formula is C26H32N2O. The molecule has 0 aliphatic heterocycles. The molecule has 1 heterocycles. The van der Waals surface area contributed by atoms with E-state index in [4.69, 9.17) is 0 Å². The Morgan fingerprint density at radius 3 is 2.72 bits per heavy atom. The molecule has 6 rings (SSSR count). The van der Waals surface area contributed by atoms with Gasteiger partial charge in [0, 0.05) is 11.1 Å². The predicted octanol–water partition coefficient (Wildman–Crippen LogP) is 5.81. The second kappa shape index (κ2) is 6.07. The van der Waals surface area contributed by atoms with Crippen molar-refractivity contribution in [1.82, 2.24) is 9.55 Å². The van der Waals surface area contributed by atoms with Gasteiger partial charge in [0.25, 0.3) is 0 Å². The average molecular weight is 389 g/mol. The van der Waals surface area contributed by atoms with Crippen LogP contribution in [0.3, 0.4) is 0 Å². The summed E-state index contributed by atoms with van der Waals surface area (Å²) in [4.78, 5) is 4.67. The number of allylic oxidation sites excluding steroid dienone is 3. The van der Waals surface area contributed by atoms with Crippen molar-refractivity contribution in [1.29, 1.82) is 0 Å². The quantitative estimate of drug-likeness (QED) is 0.626. The first-order valence-corrected chi connectivity index (χ1v) is 11.5. The minimum absolute atomic E-state index is 0.117. The van der Waals surface area contributed by atoms with Crippen LogP contribution in [0.4, 0.5) is 0 Å². The van der Waals surface area contributed by atoms with Gasteiger partial charge < -0.3 is 9.67 Å². The van der Waals surface area contributed by atoms with Gasteiger partial charge in [0.1, 0.15) is 6.33 Å². The van der Waals surface area contributed by atoms with Crippen molar-refractivity contribution in [3.05, 3.63) is 48.3 Å². The molecule has 1 aromatic heterocycles. The van der Waals surface area contributed by atoms with E-state index in [9.17, 15) is 5.11 Å². The molecule has 0 saturated heterocycles. The summed E-state index contributed by atoms with van der Waals surface area (Å²) in [5.41, 5.74) is 5.92. The van der Waals surface area contributed by atoms with Crippen LogP contribution in [0.25, 0.3) is 16.7 Å². The standard InChI is InChI=1S/C26H32N2O/c1-25-13-11-18(29)15-17(25)7-8-19-20-9-10-24(26(20,2)14-12-21(19)25)28-16-27-22-5-3-4-6-23(22)28/h3-7,10,16,18-21,29H,8-9,11-15H2,1-2H3/t18-,19+,20-,21+,25-,26-/m0/s1. The zero-order valence-electron chi connectivity index (χ0n) is 17.6. The number of fused-ring (bicyclic) bond motifs is 6. The summed E-state index contributed by atoms with van der Waals surface area (Å²) in [5, 5.41) is 10.2. The molecule has 29 heavy (non-hydrogen) atoms. The summed E-state index contributed by atoms with van der Waals surface area (Å²) in [6, 6.07) is 8.52. The van der Waals surface area contributed by atoms with Gasteiger partial charge in [0.2, 0.25) is 0 Å². The Kier molecular flexibility index (Phi) is 3.76. The van der Waals surface area contributed by atoms with Gasteiger partial charge in [-0.25, -0.2) is 4.98 Å². The Balaban J connectivity index is 1.36. The Hall–Kier alpha value is -1.87. The van der Waals surface area contributed by atoms with E-state index in [2.05, 4.69) is 59.8 Å². The molecule has 4 aliphatic rings. The first-order chi connectivity index (χ1) is 14.0. The van der Waals surface area contributed by atoms with Gasteiger partial charge in [-0.1, -0.05) is 43.7 Å². The molecule has 6 atom stereocenters. The maximum Gasteiger partial charge on any atom is 0.100 e. The van der Waals surface area contributed by atoms with Crippen LogP contribution < -0.4 is 0 Å². The van der Waals surface area contributed by atoms with Crippen LogP contribution in [0.15, 0.2) is 48.3 Å². The smallest absolute Gasteiger partial charge is 0.100 e. The molecule has 2 saturated carbocycles. The summed E-state index contributed by atoms with van der Waals surface area (Å²) in [5.74, 6) is 2.26. The van der Waals surface area contributed by atoms with E-state index in [-0.39, 0.29) is 11.5 Å². The number of benzene rings is 1. The van der Waals surface area contributed by atoms with E-state index in [0.717, 1.165) is 42.5 Å². The maximum absolute atomic E-state index is 10.2. The summed E-state index contributed by atoms with van der Waals surface area (Å²) in [6.07, 6.45) is 15.0. The number of imidazole rings is 1. The number of hydrogen-bond donors (Lipinski definition) is 1. The third-order valence-corrected chi connectivity index (χ3v) is 9.33. The molecule has 2 fully saturated rings. The van der Waals surface area contributed by atoms with Crippen molar-refractivity contribution in [2.75, 3.05) is 0 Å². The van der Waals surface area contributed by atoms with Crippen LogP contribution in [0.2, 0.25) is 0 Å². The summed E-state index contributed by atoms with van der Waals surface area (Å²) < 4.78 is 2.37. The lowest BCUT2D eigenvalue weighted by atomic mass is 9.48. The maximum atomic E-state index is 10.2. The van der Waals surface area contributed by atoms with Crippen LogP contribution >= 0.6 is 0 Å². The zero-order chi connectivity index (χ0) is 19.8. The van der Waals surface area contributed by atoms with Gasteiger partial charge in [0.05, 0.1) is 17.1 Å². The lowest BCUT2D eigenvalue weighted by Crippen LogP contribution is -2.50. The molecular weight excluding hydrogens is 356 g/mol. The molecule has 0 unspecified atom stereocenters. The number of para-hydroxylation sites is 2. The number of aromatic nitrogens is 2. The second-order valence-corrected chi connectivity index (χ2v) is 10.5. The lowest BCUT2D eigenvalue weighted by Gasteiger charge is -2.57. The van der Waals surface area contributed by atoms with E-state index in [0.29, 0.717) is 5.41 Å². The molecule has 152 valence electrons. The van der Waals surface area contributed by atoms with Crippen LogP contribution in [-0.4, -0.2) is 20.8 Å². The number of aliphatic hydroxyl groups excluding tert-OH is 1. The fraction of sp³-hybridized carbons (Fsp3) is 0.577. The van der Waals surface area contributed by atoms with E-state index >= 15 is 0 Å². The van der Waals surface area contributed by atoms with Crippen LogP contribution in [-0.2, 0) is 0 Å². The monoisotopic (exact) mass is 388 g/mol. The van der Waals surface area contributed by atoms with E-state index in [1.165, 1.54) is 36.9 Å². The van der Waals surface area contributed by atoms with Crippen molar-refractivity contribution in [2.24, 2.45) is 28.6 Å². The Labute approximate surface area is 173 Å². The molecule has 2 aromatic rings. The fourth-order valence-corrected chi connectivity index (χ4v) is 7.71. The first kappa shape index (κ1) is 17.9. The summed E-state index contributed by atoms with van der Waals surface area (Å²) in [7, 11) is 0. The Bertz CT molecular complexity index is 1030. The largest absolute Gasteiger partial charge is 0.393 e. The number of aliphatic hydroxyl groups is 1. The Morgan fingerprint density at radius 2 is 1.83 bits per heavy atom. The van der Waals surface area contributed by atoms with E-state index in [1.807, 2.05) is 6.33 Å². The second-order valence-electron chi connectivity index (χ2n) is 10.5. The number of hydrogen-bond acceptors (Lipinski definition) is 2. The molecule has 0 spiro atoms. The van der Waals surface area contributed by atoms with Crippen LogP contribution in [0, 0.1) is 28.6 Å². The molecule has 0 bridgehead atoms. The Morgan fingerprint density at radius 1 is 1.00 bits per heavy atom. The van der Waals surface area contributed by atoms with Gasteiger partial charge in [-0.2, -0.15) is 0 Å². The molecule has 1 aromatic carbocycles. The number of rotatable bonds is 1. The highest BCUT2D eigenvalue weighted by molar-refractivity contribution is 5.80. The van der Waals surface area contributed by atoms with E-state index in [1.54, 1.807) is 5.57 Å². The molecule has 0 radical (unpaired) electrons. The highest BCUT2D eigenvalue weighted by atomic mass is 16.3. The zero-order valence-corrected chi connectivity index (χ0v) is 17.6. The highest BCUT2D eigenvalue weighted by Gasteiger charge is 2.57. The molecule has 1 N–H and O–H groups in total. The molecule has 0 amide bonds. The third kappa shape index (κ3) is 2.37. The van der Waals surface area contributed by atoms with Crippen LogP contribution in [0.1, 0.15) is 58.8 Å². The van der Waals surface area contributed by atoms with Crippen LogP contribution in [0.5, 0.6) is 0 Å². The van der Waals surface area contributed by atoms with Crippen molar-refractivity contribution < 1.29 is 5.11 Å². The first-order valence-electron chi connectivity index (χ1n) is 11.5. The topological polar surface area (TPSA) is 38.0 Å². The number of nitrogens with zero attached hydrogens (tertiary/aromatic N) is 2. The van der Waals surface area contributed by atoms with Crippen molar-refractivity contribution in [2.45, 2.75) is 64.9 Å². The average Bonchev–Trinajstić information content (AvgIpc) is 3.29. The normalized spacial score (nSPS) is 41.3. The summed E-state index contributed by atoms with van der Waals surface area (Å²) >= 11 is 0. The lowest BCUT2D eigenvalue weighted by molar-refractivity contribution is -0.0249. The molecule has 3 heteroatoms. The minimum Gasteiger partial charge on any atom is -0.393 e. The van der Waals surface area contributed by atoms with E-state index < -0.39 is 0 Å². The fourth-order valence-electron chi connectivity index (χ4n) is 7.71. The SMILES string of the molecule is C[C@]12CC[C@H](O)CC1=CC[C@H]1[C@H]2CC[C@]2(C)C(n3cnc4ccccc43)=CC[C@@H]12. The van der Waals surface area contributed by atoms with Gasteiger partial charge in [0.15, 0.2) is 0 Å². The van der Waals surface area contributed by atoms with Gasteiger partial charge in [-0.15, -0.1) is 0 Å².